The molecule has 1 aliphatic rings. The molecule has 3 N–H and O–H groups in total. The van der Waals surface area contributed by atoms with Crippen LogP contribution in [0.4, 0.5) is 0 Å². The predicted molar refractivity (Wildman–Crippen MR) is 94.3 cm³/mol. The van der Waals surface area contributed by atoms with Gasteiger partial charge in [-0.05, 0) is 46.1 Å². The summed E-state index contributed by atoms with van der Waals surface area (Å²) in [5, 5.41) is 3.16. The van der Waals surface area contributed by atoms with Gasteiger partial charge in [0.25, 0.3) is 0 Å². The first-order chi connectivity index (χ1) is 9.79. The van der Waals surface area contributed by atoms with Crippen molar-refractivity contribution in [2.75, 3.05) is 0 Å². The molecule has 0 saturated heterocycles. The van der Waals surface area contributed by atoms with Gasteiger partial charge in [-0.2, -0.15) is 0 Å². The molecule has 0 bridgehead atoms. The number of nitrogens with one attached hydrogen (secondary N) is 1. The lowest BCUT2D eigenvalue weighted by Crippen LogP contribution is -2.53. The second-order valence-corrected chi connectivity index (χ2v) is 6.96. The zero-order chi connectivity index (χ0) is 15.6. The smallest absolute Gasteiger partial charge is 0.225 e. The number of benzene rings is 1. The van der Waals surface area contributed by atoms with E-state index >= 15 is 0 Å². The molecule has 1 saturated carbocycles. The fourth-order valence-electron chi connectivity index (χ4n) is 3.45. The van der Waals surface area contributed by atoms with Crippen molar-refractivity contribution in [3.05, 3.63) is 34.9 Å². The van der Waals surface area contributed by atoms with E-state index in [0.717, 1.165) is 31.2 Å². The van der Waals surface area contributed by atoms with Gasteiger partial charge in [-0.3, -0.25) is 4.79 Å². The number of nitrogens with two attached hydrogens (primary N) is 1. The minimum atomic E-state index is -0.370. The molecule has 1 fully saturated rings. The molecule has 4 heteroatoms. The Balaban J connectivity index is 0.00000242. The van der Waals surface area contributed by atoms with E-state index in [1.54, 1.807) is 0 Å². The van der Waals surface area contributed by atoms with Crippen molar-refractivity contribution in [3.8, 4) is 0 Å². The van der Waals surface area contributed by atoms with E-state index in [4.69, 9.17) is 5.73 Å². The quantitative estimate of drug-likeness (QED) is 0.888. The fourth-order valence-corrected chi connectivity index (χ4v) is 3.45. The van der Waals surface area contributed by atoms with Gasteiger partial charge in [-0.15, -0.1) is 12.4 Å². The van der Waals surface area contributed by atoms with E-state index in [2.05, 4.69) is 37.4 Å². The molecule has 3 unspecified atom stereocenters. The number of aryl methyl sites for hydroxylation is 2. The molecule has 0 aromatic heterocycles. The van der Waals surface area contributed by atoms with Gasteiger partial charge in [-0.25, -0.2) is 0 Å². The van der Waals surface area contributed by atoms with Crippen molar-refractivity contribution in [2.45, 2.75) is 65.0 Å². The van der Waals surface area contributed by atoms with Crippen molar-refractivity contribution in [2.24, 2.45) is 11.7 Å². The maximum atomic E-state index is 12.6. The number of halogens is 1. The lowest BCUT2D eigenvalue weighted by molar-refractivity contribution is -0.128. The second kappa shape index (κ2) is 7.47. The van der Waals surface area contributed by atoms with Gasteiger partial charge in [-0.1, -0.05) is 42.2 Å². The first-order valence-electron chi connectivity index (χ1n) is 7.97. The summed E-state index contributed by atoms with van der Waals surface area (Å²) >= 11 is 0. The molecule has 1 aromatic carbocycles. The number of hydrogen-bond donors (Lipinski definition) is 2. The molecule has 0 spiro atoms. The Bertz CT molecular complexity index is 508. The highest BCUT2D eigenvalue weighted by molar-refractivity contribution is 5.85. The van der Waals surface area contributed by atoms with Gasteiger partial charge in [0, 0.05) is 5.54 Å². The van der Waals surface area contributed by atoms with Crippen molar-refractivity contribution in [3.63, 3.8) is 0 Å². The topological polar surface area (TPSA) is 55.1 Å². The number of carbonyl (C=O) groups is 1. The van der Waals surface area contributed by atoms with Gasteiger partial charge in [0.15, 0.2) is 0 Å². The minimum absolute atomic E-state index is 0. The lowest BCUT2D eigenvalue weighted by Gasteiger charge is -2.37. The molecular weight excluding hydrogens is 296 g/mol. The van der Waals surface area contributed by atoms with Crippen LogP contribution in [0.5, 0.6) is 0 Å². The second-order valence-electron chi connectivity index (χ2n) is 6.96. The summed E-state index contributed by atoms with van der Waals surface area (Å²) in [7, 11) is 0. The fraction of sp³-hybridized carbons (Fsp3) is 0.611. The van der Waals surface area contributed by atoms with E-state index in [0.29, 0.717) is 0 Å². The predicted octanol–water partition coefficient (Wildman–Crippen LogP) is 3.81. The first kappa shape index (κ1) is 19.0. The minimum Gasteiger partial charge on any atom is -0.349 e. The maximum absolute atomic E-state index is 12.6. The third-order valence-electron chi connectivity index (χ3n) is 4.67. The van der Waals surface area contributed by atoms with Crippen molar-refractivity contribution in [1.29, 1.82) is 0 Å². The Hall–Kier alpha value is -1.06. The Morgan fingerprint density at radius 2 is 1.86 bits per heavy atom. The first-order valence-corrected chi connectivity index (χ1v) is 7.97. The average molecular weight is 325 g/mol. The summed E-state index contributed by atoms with van der Waals surface area (Å²) < 4.78 is 0. The number of hydrogen-bond acceptors (Lipinski definition) is 2. The zero-order valence-electron chi connectivity index (χ0n) is 14.1. The van der Waals surface area contributed by atoms with Crippen LogP contribution in [0.1, 0.15) is 62.3 Å². The summed E-state index contributed by atoms with van der Waals surface area (Å²) in [6, 6.07) is 6.45. The number of carbonyl (C=O) groups excluding carboxylic acids is 1. The number of amides is 1. The summed E-state index contributed by atoms with van der Waals surface area (Å²) in [5.41, 5.74) is 9.57. The van der Waals surface area contributed by atoms with Crippen molar-refractivity contribution < 1.29 is 4.79 Å². The normalized spacial score (nSPS) is 26.0. The highest BCUT2D eigenvalue weighted by atomic mass is 35.5. The Morgan fingerprint density at radius 1 is 1.27 bits per heavy atom. The van der Waals surface area contributed by atoms with Crippen LogP contribution in [-0.4, -0.2) is 11.4 Å². The molecule has 0 heterocycles. The summed E-state index contributed by atoms with van der Waals surface area (Å²) in [4.78, 5) is 12.6. The van der Waals surface area contributed by atoms with Gasteiger partial charge >= 0.3 is 0 Å². The van der Waals surface area contributed by atoms with E-state index < -0.39 is 0 Å². The maximum Gasteiger partial charge on any atom is 0.225 e. The monoisotopic (exact) mass is 324 g/mol. The van der Waals surface area contributed by atoms with Crippen LogP contribution in [0.25, 0.3) is 0 Å². The van der Waals surface area contributed by atoms with Crippen LogP contribution in [0.15, 0.2) is 18.2 Å². The number of rotatable bonds is 3. The molecule has 22 heavy (non-hydrogen) atoms. The SMILES string of the molecule is Cc1cc(C)cc(C(C)NC(=O)C2CCCCC2(C)N)c1.Cl. The van der Waals surface area contributed by atoms with Crippen LogP contribution in [0.3, 0.4) is 0 Å². The molecule has 124 valence electrons. The standard InChI is InChI=1S/C18H28N2O.ClH/c1-12-9-13(2)11-15(10-12)14(3)20-17(21)16-7-5-6-8-18(16,4)19;/h9-11,14,16H,5-8,19H2,1-4H3,(H,20,21);1H. The summed E-state index contributed by atoms with van der Waals surface area (Å²) in [6.07, 6.45) is 4.06. The molecule has 0 radical (unpaired) electrons. The molecule has 1 aromatic rings. The molecule has 2 rings (SSSR count). The summed E-state index contributed by atoms with van der Waals surface area (Å²) in [5.74, 6) is 0.0333. The van der Waals surface area contributed by atoms with Gasteiger partial charge in [0.2, 0.25) is 5.91 Å². The van der Waals surface area contributed by atoms with Gasteiger partial charge in [0.1, 0.15) is 0 Å². The highest BCUT2D eigenvalue weighted by Gasteiger charge is 2.38. The van der Waals surface area contributed by atoms with E-state index in [1.165, 1.54) is 11.1 Å². The zero-order valence-corrected chi connectivity index (χ0v) is 14.9. The van der Waals surface area contributed by atoms with E-state index in [1.807, 2.05) is 13.8 Å². The summed E-state index contributed by atoms with van der Waals surface area (Å²) in [6.45, 7) is 8.23. The van der Waals surface area contributed by atoms with E-state index in [9.17, 15) is 4.79 Å². The molecule has 3 nitrogen and oxygen atoms in total. The molecule has 1 amide bonds. The molecule has 3 atom stereocenters. The average Bonchev–Trinajstić information content (AvgIpc) is 2.36. The van der Waals surface area contributed by atoms with Crippen molar-refractivity contribution >= 4 is 18.3 Å². The Morgan fingerprint density at radius 3 is 2.41 bits per heavy atom. The van der Waals surface area contributed by atoms with Gasteiger partial charge in [0.05, 0.1) is 12.0 Å². The van der Waals surface area contributed by atoms with Crippen LogP contribution in [-0.2, 0) is 4.79 Å². The molecule has 1 aliphatic carbocycles. The Labute approximate surface area is 140 Å². The van der Waals surface area contributed by atoms with Crippen LogP contribution < -0.4 is 11.1 Å². The third-order valence-corrected chi connectivity index (χ3v) is 4.67. The largest absolute Gasteiger partial charge is 0.349 e. The lowest BCUT2D eigenvalue weighted by atomic mass is 9.74. The Kier molecular flexibility index (Phi) is 6.45. The highest BCUT2D eigenvalue weighted by Crippen LogP contribution is 2.32. The van der Waals surface area contributed by atoms with Gasteiger partial charge < -0.3 is 11.1 Å². The van der Waals surface area contributed by atoms with E-state index in [-0.39, 0.29) is 35.8 Å². The van der Waals surface area contributed by atoms with Crippen LogP contribution >= 0.6 is 12.4 Å². The van der Waals surface area contributed by atoms with Crippen LogP contribution in [0, 0.1) is 19.8 Å². The van der Waals surface area contributed by atoms with Crippen LogP contribution in [0.2, 0.25) is 0 Å². The third kappa shape index (κ3) is 4.47. The molecular formula is C18H29ClN2O. The van der Waals surface area contributed by atoms with Crippen molar-refractivity contribution in [1.82, 2.24) is 5.32 Å². The molecule has 0 aliphatic heterocycles.